The summed E-state index contributed by atoms with van der Waals surface area (Å²) in [7, 11) is 0.669. The first-order chi connectivity index (χ1) is 12.9. The normalized spacial score (nSPS) is 18.2. The molecule has 0 saturated carbocycles. The van der Waals surface area contributed by atoms with E-state index >= 15 is 0 Å². The van der Waals surface area contributed by atoms with Gasteiger partial charge in [-0.25, -0.2) is 13.4 Å². The fourth-order valence-electron chi connectivity index (χ4n) is 3.16. The summed E-state index contributed by atoms with van der Waals surface area (Å²) in [5, 5.41) is 0. The molecule has 1 aliphatic heterocycles. The van der Waals surface area contributed by atoms with Crippen molar-refractivity contribution in [3.05, 3.63) is 54.0 Å². The highest BCUT2D eigenvalue weighted by Crippen LogP contribution is 2.21. The van der Waals surface area contributed by atoms with Gasteiger partial charge in [0.05, 0.1) is 17.1 Å². The highest BCUT2D eigenvalue weighted by Gasteiger charge is 2.31. The smallest absolute Gasteiger partial charge is 0.255 e. The second kappa shape index (κ2) is 8.04. The Morgan fingerprint density at radius 3 is 2.52 bits per heavy atom. The molecule has 144 valence electrons. The minimum atomic E-state index is -2.94. The van der Waals surface area contributed by atoms with Gasteiger partial charge < -0.3 is 9.80 Å². The number of amides is 1. The van der Waals surface area contributed by atoms with Crippen LogP contribution in [0.2, 0.25) is 0 Å². The standard InChI is InChI=1S/C19H24N4O3S/c1-22(11-7-15-5-9-20-10-6-15)19(24)16-3-4-18(21-13-16)23(2)17-8-12-27(25,26)14-17/h3-6,9-10,13,17H,7-8,11-12,14H2,1-2H3. The minimum Gasteiger partial charge on any atom is -0.356 e. The highest BCUT2D eigenvalue weighted by molar-refractivity contribution is 7.91. The molecule has 0 N–H and O–H groups in total. The van der Waals surface area contributed by atoms with Crippen molar-refractivity contribution < 1.29 is 13.2 Å². The maximum Gasteiger partial charge on any atom is 0.255 e. The summed E-state index contributed by atoms with van der Waals surface area (Å²) in [4.78, 5) is 24.5. The maximum atomic E-state index is 12.6. The van der Waals surface area contributed by atoms with Crippen molar-refractivity contribution in [1.29, 1.82) is 0 Å². The van der Waals surface area contributed by atoms with E-state index in [1.165, 1.54) is 0 Å². The quantitative estimate of drug-likeness (QED) is 0.744. The van der Waals surface area contributed by atoms with E-state index in [2.05, 4.69) is 9.97 Å². The number of carbonyl (C=O) groups excluding carboxylic acids is 1. The predicted octanol–water partition coefficient (Wildman–Crippen LogP) is 1.41. The molecule has 27 heavy (non-hydrogen) atoms. The molecule has 1 atom stereocenters. The average molecular weight is 388 g/mol. The van der Waals surface area contributed by atoms with E-state index in [4.69, 9.17) is 0 Å². The summed E-state index contributed by atoms with van der Waals surface area (Å²) in [5.74, 6) is 0.965. The van der Waals surface area contributed by atoms with Gasteiger partial charge in [0.2, 0.25) is 0 Å². The van der Waals surface area contributed by atoms with Gasteiger partial charge in [0, 0.05) is 45.3 Å². The number of nitrogens with zero attached hydrogens (tertiary/aromatic N) is 4. The number of hydrogen-bond acceptors (Lipinski definition) is 6. The lowest BCUT2D eigenvalue weighted by atomic mass is 10.2. The van der Waals surface area contributed by atoms with Crippen molar-refractivity contribution in [3.8, 4) is 0 Å². The van der Waals surface area contributed by atoms with Crippen LogP contribution in [0.25, 0.3) is 0 Å². The molecule has 3 heterocycles. The molecule has 0 aromatic carbocycles. The van der Waals surface area contributed by atoms with Gasteiger partial charge in [0.1, 0.15) is 5.82 Å². The number of rotatable bonds is 6. The number of anilines is 1. The van der Waals surface area contributed by atoms with Gasteiger partial charge in [0.25, 0.3) is 5.91 Å². The number of hydrogen-bond donors (Lipinski definition) is 0. The number of sulfone groups is 1. The monoisotopic (exact) mass is 388 g/mol. The Hall–Kier alpha value is -2.48. The molecule has 8 heteroatoms. The summed E-state index contributed by atoms with van der Waals surface area (Å²) in [6, 6.07) is 7.33. The van der Waals surface area contributed by atoms with Crippen LogP contribution < -0.4 is 4.90 Å². The van der Waals surface area contributed by atoms with Crippen molar-refractivity contribution in [3.63, 3.8) is 0 Å². The van der Waals surface area contributed by atoms with Gasteiger partial charge in [-0.05, 0) is 42.7 Å². The number of pyridine rings is 2. The van der Waals surface area contributed by atoms with E-state index < -0.39 is 9.84 Å². The van der Waals surface area contributed by atoms with Gasteiger partial charge >= 0.3 is 0 Å². The molecule has 2 aromatic heterocycles. The Kier molecular flexibility index (Phi) is 5.74. The van der Waals surface area contributed by atoms with Crippen molar-refractivity contribution >= 4 is 21.6 Å². The van der Waals surface area contributed by atoms with Crippen molar-refractivity contribution in [2.24, 2.45) is 0 Å². The summed E-state index contributed by atoms with van der Waals surface area (Å²) >= 11 is 0. The molecule has 0 aliphatic carbocycles. The third kappa shape index (κ3) is 4.82. The largest absolute Gasteiger partial charge is 0.356 e. The number of likely N-dealkylation sites (N-methyl/N-ethyl adjacent to an activating group) is 1. The van der Waals surface area contributed by atoms with E-state index in [0.29, 0.717) is 24.3 Å². The number of carbonyl (C=O) groups is 1. The topological polar surface area (TPSA) is 83.5 Å². The molecule has 1 aliphatic rings. The molecular weight excluding hydrogens is 364 g/mol. The van der Waals surface area contributed by atoms with Crippen LogP contribution in [0.1, 0.15) is 22.3 Å². The summed E-state index contributed by atoms with van der Waals surface area (Å²) < 4.78 is 23.3. The lowest BCUT2D eigenvalue weighted by Gasteiger charge is -2.24. The fraction of sp³-hybridized carbons (Fsp3) is 0.421. The van der Waals surface area contributed by atoms with E-state index in [0.717, 1.165) is 12.0 Å². The van der Waals surface area contributed by atoms with Crippen LogP contribution in [0.3, 0.4) is 0 Å². The lowest BCUT2D eigenvalue weighted by Crippen LogP contribution is -2.33. The van der Waals surface area contributed by atoms with Crippen molar-refractivity contribution in [2.75, 3.05) is 37.0 Å². The van der Waals surface area contributed by atoms with Crippen LogP contribution in [0.4, 0.5) is 5.82 Å². The van der Waals surface area contributed by atoms with Crippen molar-refractivity contribution in [2.45, 2.75) is 18.9 Å². The van der Waals surface area contributed by atoms with Crippen LogP contribution in [0.5, 0.6) is 0 Å². The summed E-state index contributed by atoms with van der Waals surface area (Å²) in [5.41, 5.74) is 1.65. The van der Waals surface area contributed by atoms with E-state index in [1.807, 2.05) is 24.1 Å². The third-order valence-electron chi connectivity index (χ3n) is 4.94. The van der Waals surface area contributed by atoms with Crippen LogP contribution in [0.15, 0.2) is 42.9 Å². The Bertz CT molecular complexity index is 885. The first-order valence-corrected chi connectivity index (χ1v) is 10.7. The van der Waals surface area contributed by atoms with Crippen molar-refractivity contribution in [1.82, 2.24) is 14.9 Å². The van der Waals surface area contributed by atoms with E-state index in [-0.39, 0.29) is 23.5 Å². The first-order valence-electron chi connectivity index (χ1n) is 8.89. The molecule has 3 rings (SSSR count). The Morgan fingerprint density at radius 1 is 1.19 bits per heavy atom. The van der Waals surface area contributed by atoms with Crippen LogP contribution in [-0.2, 0) is 16.3 Å². The van der Waals surface area contributed by atoms with Crippen LogP contribution in [0, 0.1) is 0 Å². The van der Waals surface area contributed by atoms with Gasteiger partial charge in [0.15, 0.2) is 9.84 Å². The first kappa shape index (κ1) is 19.3. The Balaban J connectivity index is 1.59. The molecular formula is C19H24N4O3S. The molecule has 0 bridgehead atoms. The molecule has 1 fully saturated rings. The minimum absolute atomic E-state index is 0.0629. The Labute approximate surface area is 160 Å². The second-order valence-corrected chi connectivity index (χ2v) is 9.13. The molecule has 7 nitrogen and oxygen atoms in total. The molecule has 1 unspecified atom stereocenters. The average Bonchev–Trinajstić information content (AvgIpc) is 3.05. The van der Waals surface area contributed by atoms with Gasteiger partial charge in [-0.3, -0.25) is 9.78 Å². The van der Waals surface area contributed by atoms with E-state index in [1.54, 1.807) is 42.7 Å². The zero-order chi connectivity index (χ0) is 19.4. The number of aromatic nitrogens is 2. The zero-order valence-corrected chi connectivity index (χ0v) is 16.4. The molecule has 1 saturated heterocycles. The Morgan fingerprint density at radius 2 is 1.93 bits per heavy atom. The summed E-state index contributed by atoms with van der Waals surface area (Å²) in [6.45, 7) is 0.602. The third-order valence-corrected chi connectivity index (χ3v) is 6.69. The molecule has 2 aromatic rings. The fourth-order valence-corrected chi connectivity index (χ4v) is 4.93. The highest BCUT2D eigenvalue weighted by atomic mass is 32.2. The maximum absolute atomic E-state index is 12.6. The predicted molar refractivity (Wildman–Crippen MR) is 105 cm³/mol. The van der Waals surface area contributed by atoms with Crippen LogP contribution in [-0.4, -0.2) is 67.4 Å². The zero-order valence-electron chi connectivity index (χ0n) is 15.6. The molecule has 1 amide bonds. The SMILES string of the molecule is CN(CCc1ccncc1)C(=O)c1ccc(N(C)C2CCS(=O)(=O)C2)nc1. The molecule has 0 spiro atoms. The molecule has 0 radical (unpaired) electrons. The van der Waals surface area contributed by atoms with Gasteiger partial charge in [-0.15, -0.1) is 0 Å². The van der Waals surface area contributed by atoms with Crippen LogP contribution >= 0.6 is 0 Å². The van der Waals surface area contributed by atoms with E-state index in [9.17, 15) is 13.2 Å². The summed E-state index contributed by atoms with van der Waals surface area (Å²) in [6.07, 6.45) is 6.41. The van der Waals surface area contributed by atoms with Gasteiger partial charge in [-0.1, -0.05) is 0 Å². The lowest BCUT2D eigenvalue weighted by molar-refractivity contribution is 0.0796. The van der Waals surface area contributed by atoms with Gasteiger partial charge in [-0.2, -0.15) is 0 Å². The second-order valence-electron chi connectivity index (χ2n) is 6.91.